The lowest BCUT2D eigenvalue weighted by atomic mass is 9.92. The van der Waals surface area contributed by atoms with Gasteiger partial charge in [0.25, 0.3) is 0 Å². The number of aliphatic hydroxyl groups is 1. The van der Waals surface area contributed by atoms with Crippen molar-refractivity contribution in [2.75, 3.05) is 54.5 Å². The van der Waals surface area contributed by atoms with Crippen LogP contribution in [0.25, 0.3) is 10.9 Å². The third kappa shape index (κ3) is 5.98. The number of piperidine rings is 1. The quantitative estimate of drug-likeness (QED) is 0.342. The molecule has 6 rings (SSSR count). The number of pyridine rings is 1. The Balaban J connectivity index is 1.09. The number of aliphatic hydroxyl groups excluding tert-OH is 1. The summed E-state index contributed by atoms with van der Waals surface area (Å²) < 4.78 is 10.8. The minimum Gasteiger partial charge on any atom is -0.444 e. The van der Waals surface area contributed by atoms with Gasteiger partial charge in [-0.25, -0.2) is 19.7 Å². The summed E-state index contributed by atoms with van der Waals surface area (Å²) in [7, 11) is 0. The smallest absolute Gasteiger partial charge is 0.411 e. The Hall–Kier alpha value is -3.87. The zero-order chi connectivity index (χ0) is 27.3. The largest absolute Gasteiger partial charge is 0.444 e. The van der Waals surface area contributed by atoms with Crippen molar-refractivity contribution in [2.24, 2.45) is 5.92 Å². The molecule has 2 atom stereocenters. The second-order valence-electron chi connectivity index (χ2n) is 9.89. The number of nitrogens with zero attached hydrogens (tertiary/aromatic N) is 6. The fraction of sp³-hybridized carbons (Fsp3) is 0.393. The number of thiazole rings is 1. The van der Waals surface area contributed by atoms with Gasteiger partial charge in [0.05, 0.1) is 23.6 Å². The van der Waals surface area contributed by atoms with Gasteiger partial charge in [-0.15, -0.1) is 11.3 Å². The van der Waals surface area contributed by atoms with Crippen molar-refractivity contribution in [1.82, 2.24) is 19.9 Å². The Morgan fingerprint density at radius 1 is 1.12 bits per heavy atom. The summed E-state index contributed by atoms with van der Waals surface area (Å²) in [6.07, 6.45) is 7.03. The fourth-order valence-electron chi connectivity index (χ4n) is 5.22. The van der Waals surface area contributed by atoms with Gasteiger partial charge in [0, 0.05) is 67.4 Å². The van der Waals surface area contributed by atoms with Crippen molar-refractivity contribution in [3.63, 3.8) is 0 Å². The highest BCUT2D eigenvalue weighted by Gasteiger charge is 2.30. The average Bonchev–Trinajstić information content (AvgIpc) is 3.49. The number of carbonyl (C=O) groups excluding carboxylic acids is 1. The average molecular weight is 562 g/mol. The third-order valence-corrected chi connectivity index (χ3v) is 8.32. The van der Waals surface area contributed by atoms with E-state index in [0.29, 0.717) is 17.2 Å². The molecule has 0 aliphatic carbocycles. The van der Waals surface area contributed by atoms with Crippen LogP contribution < -0.4 is 15.1 Å². The number of hydrogen-bond acceptors (Lipinski definition) is 11. The van der Waals surface area contributed by atoms with Gasteiger partial charge in [0.15, 0.2) is 0 Å². The highest BCUT2D eigenvalue weighted by Crippen LogP contribution is 2.35. The number of anilines is 3. The number of morpholine rings is 1. The Labute approximate surface area is 235 Å². The lowest BCUT2D eigenvalue weighted by Crippen LogP contribution is -2.38. The number of aromatic nitrogens is 4. The predicted molar refractivity (Wildman–Crippen MR) is 153 cm³/mol. The van der Waals surface area contributed by atoms with Crippen LogP contribution in [0.1, 0.15) is 28.8 Å². The summed E-state index contributed by atoms with van der Waals surface area (Å²) in [5.41, 5.74) is 2.66. The molecule has 40 heavy (non-hydrogen) atoms. The van der Waals surface area contributed by atoms with Crippen molar-refractivity contribution in [2.45, 2.75) is 25.6 Å². The first-order valence-electron chi connectivity index (χ1n) is 13.4. The molecule has 0 spiro atoms. The van der Waals surface area contributed by atoms with Gasteiger partial charge in [-0.05, 0) is 43.2 Å². The van der Waals surface area contributed by atoms with Crippen molar-refractivity contribution in [1.29, 1.82) is 0 Å². The van der Waals surface area contributed by atoms with Crippen LogP contribution in [0.2, 0.25) is 0 Å². The van der Waals surface area contributed by atoms with Crippen LogP contribution in [-0.4, -0.2) is 70.5 Å². The van der Waals surface area contributed by atoms with Crippen molar-refractivity contribution >= 4 is 45.5 Å². The molecule has 2 fully saturated rings. The first kappa shape index (κ1) is 26.4. The number of amides is 1. The topological polar surface area (TPSA) is 126 Å². The zero-order valence-corrected chi connectivity index (χ0v) is 22.8. The molecule has 2 N–H and O–H groups in total. The molecule has 0 saturated carbocycles. The molecule has 2 unspecified atom stereocenters. The molecule has 2 aliphatic heterocycles. The van der Waals surface area contributed by atoms with Crippen LogP contribution in [0.15, 0.2) is 55.2 Å². The maximum atomic E-state index is 12.1. The van der Waals surface area contributed by atoms with Gasteiger partial charge in [-0.2, -0.15) is 0 Å². The van der Waals surface area contributed by atoms with E-state index < -0.39 is 12.2 Å². The van der Waals surface area contributed by atoms with E-state index in [1.54, 1.807) is 37.1 Å². The molecule has 1 amide bonds. The van der Waals surface area contributed by atoms with E-state index in [2.05, 4.69) is 53.3 Å². The molecule has 2 aliphatic rings. The Bertz CT molecular complexity index is 1450. The molecule has 0 bridgehead atoms. The molecule has 12 heteroatoms. The third-order valence-electron chi connectivity index (χ3n) is 7.28. The maximum Gasteiger partial charge on any atom is 0.411 e. The van der Waals surface area contributed by atoms with Gasteiger partial charge in [0.1, 0.15) is 29.9 Å². The van der Waals surface area contributed by atoms with Gasteiger partial charge >= 0.3 is 6.09 Å². The standard InChI is InChI=1S/C28H31N7O4S/c36-25(27-30-15-22(40-27)17-39-28(37)33-20-5-7-29-8-6-20)19-2-1-9-35(16-19)26-23-4-3-21(14-24(23)31-18-32-26)34-10-12-38-13-11-34/h3-8,14-15,18-19,25,36H,1-2,9-13,16-17H2,(H,29,33,37). The summed E-state index contributed by atoms with van der Waals surface area (Å²) in [6.45, 7) is 4.83. The first-order chi connectivity index (χ1) is 19.6. The maximum absolute atomic E-state index is 12.1. The van der Waals surface area contributed by atoms with Gasteiger partial charge < -0.3 is 24.4 Å². The lowest BCUT2D eigenvalue weighted by molar-refractivity contribution is 0.0977. The van der Waals surface area contributed by atoms with Gasteiger partial charge in [-0.3, -0.25) is 10.3 Å². The van der Waals surface area contributed by atoms with Crippen LogP contribution in [0.3, 0.4) is 0 Å². The molecule has 2 saturated heterocycles. The minimum absolute atomic E-state index is 0.00120. The van der Waals surface area contributed by atoms with Crippen molar-refractivity contribution in [3.05, 3.63) is 65.1 Å². The highest BCUT2D eigenvalue weighted by atomic mass is 32.1. The number of ether oxygens (including phenoxy) is 2. The normalized spacial score (nSPS) is 18.5. The summed E-state index contributed by atoms with van der Waals surface area (Å²) in [5, 5.41) is 15.5. The lowest BCUT2D eigenvalue weighted by Gasteiger charge is -2.35. The zero-order valence-electron chi connectivity index (χ0n) is 22.0. The monoisotopic (exact) mass is 561 g/mol. The number of rotatable bonds is 7. The molecule has 11 nitrogen and oxygen atoms in total. The highest BCUT2D eigenvalue weighted by molar-refractivity contribution is 7.11. The Kier molecular flexibility index (Phi) is 7.98. The van der Waals surface area contributed by atoms with Crippen molar-refractivity contribution in [3.8, 4) is 0 Å². The molecule has 5 heterocycles. The molecule has 3 aromatic heterocycles. The van der Waals surface area contributed by atoms with Crippen LogP contribution >= 0.6 is 11.3 Å². The molecule has 4 aromatic rings. The Morgan fingerprint density at radius 2 is 1.98 bits per heavy atom. The van der Waals surface area contributed by atoms with Gasteiger partial charge in [-0.1, -0.05) is 0 Å². The van der Waals surface area contributed by atoms with Crippen LogP contribution in [0, 0.1) is 5.92 Å². The summed E-state index contributed by atoms with van der Waals surface area (Å²) in [4.78, 5) is 35.0. The number of hydrogen-bond donors (Lipinski definition) is 2. The van der Waals surface area contributed by atoms with E-state index in [1.165, 1.54) is 11.3 Å². The van der Waals surface area contributed by atoms with Crippen LogP contribution in [-0.2, 0) is 16.1 Å². The van der Waals surface area contributed by atoms with E-state index in [1.807, 2.05) is 0 Å². The Morgan fingerprint density at radius 3 is 2.83 bits per heavy atom. The second-order valence-corrected chi connectivity index (χ2v) is 11.0. The van der Waals surface area contributed by atoms with E-state index >= 15 is 0 Å². The fourth-order valence-corrected chi connectivity index (χ4v) is 6.13. The van der Waals surface area contributed by atoms with Crippen molar-refractivity contribution < 1.29 is 19.4 Å². The van der Waals surface area contributed by atoms with E-state index in [4.69, 9.17) is 9.47 Å². The number of carbonyl (C=O) groups is 1. The van der Waals surface area contributed by atoms with Crippen LogP contribution in [0.5, 0.6) is 0 Å². The molecule has 0 radical (unpaired) electrons. The van der Waals surface area contributed by atoms with E-state index in [-0.39, 0.29) is 12.5 Å². The van der Waals surface area contributed by atoms with Crippen LogP contribution in [0.4, 0.5) is 22.0 Å². The van der Waals surface area contributed by atoms with E-state index in [9.17, 15) is 9.90 Å². The van der Waals surface area contributed by atoms with E-state index in [0.717, 1.165) is 73.0 Å². The summed E-state index contributed by atoms with van der Waals surface area (Å²) >= 11 is 1.36. The number of benzene rings is 1. The number of fused-ring (bicyclic) bond motifs is 1. The minimum atomic E-state index is -0.715. The number of nitrogens with one attached hydrogen (secondary N) is 1. The summed E-state index contributed by atoms with van der Waals surface area (Å²) in [5.74, 6) is 0.894. The molecule has 208 valence electrons. The second kappa shape index (κ2) is 12.1. The van der Waals surface area contributed by atoms with Gasteiger partial charge in [0.2, 0.25) is 0 Å². The molecular weight excluding hydrogens is 530 g/mol. The molecular formula is C28H31N7O4S. The first-order valence-corrected chi connectivity index (χ1v) is 14.2. The molecule has 1 aromatic carbocycles. The summed E-state index contributed by atoms with van der Waals surface area (Å²) in [6, 6.07) is 9.73. The SMILES string of the molecule is O=C(Nc1ccncc1)OCc1cnc(C(O)C2CCCN(c3ncnc4cc(N5CCOCC5)ccc34)C2)s1. The predicted octanol–water partition coefficient (Wildman–Crippen LogP) is 4.02.